The molecule has 0 radical (unpaired) electrons. The first-order chi connectivity index (χ1) is 8.66. The van der Waals surface area contributed by atoms with Crippen LogP contribution >= 0.6 is 11.8 Å². The van der Waals surface area contributed by atoms with Crippen molar-refractivity contribution in [2.24, 2.45) is 0 Å². The number of carboxylic acid groups (broad SMARTS) is 1. The summed E-state index contributed by atoms with van der Waals surface area (Å²) in [4.78, 5) is 15.1. The number of piperidine rings is 1. The third-order valence-corrected chi connectivity index (χ3v) is 4.60. The van der Waals surface area contributed by atoms with Crippen molar-refractivity contribution in [1.82, 2.24) is 9.80 Å². The summed E-state index contributed by atoms with van der Waals surface area (Å²) >= 11 is 1.60. The van der Waals surface area contributed by atoms with Gasteiger partial charge in [0.1, 0.15) is 6.73 Å². The molecule has 2 saturated heterocycles. The molecule has 0 spiro atoms. The Morgan fingerprint density at radius 2 is 2.17 bits per heavy atom. The normalized spacial score (nSPS) is 29.3. The molecule has 6 heteroatoms. The van der Waals surface area contributed by atoms with Crippen molar-refractivity contribution in [3.05, 3.63) is 11.1 Å². The number of nitrogens with zero attached hydrogens (tertiary/aromatic N) is 2. The van der Waals surface area contributed by atoms with Crippen molar-refractivity contribution in [3.63, 3.8) is 0 Å². The van der Waals surface area contributed by atoms with Gasteiger partial charge in [-0.1, -0.05) is 18.2 Å². The molecule has 2 fully saturated rings. The molecule has 0 aromatic heterocycles. The maximum absolute atomic E-state index is 10.8. The number of carboxylic acids is 1. The standard InChI is InChI=1S/C12H20N2O3S/c1-13-9-17-8-11(14-5-3-2-4-6-14)18-10(13)7-12(15)16/h7,11H,2-6,8-9H2,1H3,(H,15,16)/b10-7+. The van der Waals surface area contributed by atoms with Crippen LogP contribution < -0.4 is 0 Å². The molecular formula is C12H20N2O3S. The van der Waals surface area contributed by atoms with E-state index in [9.17, 15) is 4.79 Å². The van der Waals surface area contributed by atoms with E-state index in [2.05, 4.69) is 4.90 Å². The molecule has 2 aliphatic heterocycles. The second-order valence-electron chi connectivity index (χ2n) is 4.69. The SMILES string of the molecule is CN1COCC(N2CCCCC2)S/C1=C/C(=O)O. The van der Waals surface area contributed by atoms with Gasteiger partial charge in [0.15, 0.2) is 0 Å². The number of hydrogen-bond acceptors (Lipinski definition) is 5. The molecule has 0 aromatic rings. The van der Waals surface area contributed by atoms with Crippen molar-refractivity contribution in [1.29, 1.82) is 0 Å². The van der Waals surface area contributed by atoms with Gasteiger partial charge in [-0.15, -0.1) is 0 Å². The highest BCUT2D eigenvalue weighted by Crippen LogP contribution is 2.31. The highest BCUT2D eigenvalue weighted by molar-refractivity contribution is 8.03. The van der Waals surface area contributed by atoms with E-state index in [1.807, 2.05) is 11.9 Å². The van der Waals surface area contributed by atoms with Gasteiger partial charge in [-0.2, -0.15) is 0 Å². The zero-order valence-corrected chi connectivity index (χ0v) is 11.5. The molecule has 2 rings (SSSR count). The van der Waals surface area contributed by atoms with Crippen molar-refractivity contribution >= 4 is 17.7 Å². The van der Waals surface area contributed by atoms with E-state index < -0.39 is 5.97 Å². The quantitative estimate of drug-likeness (QED) is 0.766. The highest BCUT2D eigenvalue weighted by atomic mass is 32.2. The first-order valence-electron chi connectivity index (χ1n) is 6.31. The minimum absolute atomic E-state index is 0.237. The van der Waals surface area contributed by atoms with Gasteiger partial charge in [0, 0.05) is 7.05 Å². The van der Waals surface area contributed by atoms with Gasteiger partial charge in [-0.05, 0) is 25.9 Å². The molecule has 102 valence electrons. The van der Waals surface area contributed by atoms with Gasteiger partial charge in [-0.25, -0.2) is 4.79 Å². The van der Waals surface area contributed by atoms with Crippen molar-refractivity contribution < 1.29 is 14.6 Å². The van der Waals surface area contributed by atoms with Crippen LogP contribution in [-0.4, -0.2) is 59.7 Å². The summed E-state index contributed by atoms with van der Waals surface area (Å²) < 4.78 is 5.61. The van der Waals surface area contributed by atoms with Crippen LogP contribution in [0.25, 0.3) is 0 Å². The third kappa shape index (κ3) is 3.63. The summed E-state index contributed by atoms with van der Waals surface area (Å²) in [6.45, 7) is 3.29. The van der Waals surface area contributed by atoms with Gasteiger partial charge in [0.2, 0.25) is 0 Å². The van der Waals surface area contributed by atoms with Crippen molar-refractivity contribution in [2.75, 3.05) is 33.5 Å². The summed E-state index contributed by atoms with van der Waals surface area (Å²) in [6.07, 6.45) is 5.03. The van der Waals surface area contributed by atoms with Gasteiger partial charge < -0.3 is 14.7 Å². The van der Waals surface area contributed by atoms with Crippen LogP contribution in [0, 0.1) is 0 Å². The van der Waals surface area contributed by atoms with Crippen molar-refractivity contribution in [2.45, 2.75) is 24.6 Å². The molecule has 0 saturated carbocycles. The maximum Gasteiger partial charge on any atom is 0.330 e. The number of rotatable bonds is 2. The molecule has 0 aliphatic carbocycles. The summed E-state index contributed by atoms with van der Waals surface area (Å²) in [7, 11) is 1.86. The molecular weight excluding hydrogens is 252 g/mol. The maximum atomic E-state index is 10.8. The molecule has 1 atom stereocenters. The van der Waals surface area contributed by atoms with E-state index in [4.69, 9.17) is 9.84 Å². The topological polar surface area (TPSA) is 53.0 Å². The molecule has 0 aromatic carbocycles. The third-order valence-electron chi connectivity index (χ3n) is 3.22. The Bertz CT molecular complexity index is 329. The molecule has 18 heavy (non-hydrogen) atoms. The average molecular weight is 272 g/mol. The predicted octanol–water partition coefficient (Wildman–Crippen LogP) is 1.38. The van der Waals surface area contributed by atoms with Crippen LogP contribution in [0.15, 0.2) is 11.1 Å². The summed E-state index contributed by atoms with van der Waals surface area (Å²) in [5.41, 5.74) is 0. The first-order valence-corrected chi connectivity index (χ1v) is 7.19. The summed E-state index contributed by atoms with van der Waals surface area (Å²) in [5.74, 6) is -0.899. The molecule has 1 unspecified atom stereocenters. The van der Waals surface area contributed by atoms with Crippen LogP contribution in [0.1, 0.15) is 19.3 Å². The fourth-order valence-electron chi connectivity index (χ4n) is 2.25. The number of ether oxygens (including phenoxy) is 1. The van der Waals surface area contributed by atoms with E-state index >= 15 is 0 Å². The Morgan fingerprint density at radius 1 is 1.44 bits per heavy atom. The van der Waals surface area contributed by atoms with Crippen LogP contribution in [0.2, 0.25) is 0 Å². The molecule has 0 amide bonds. The lowest BCUT2D eigenvalue weighted by Crippen LogP contribution is -2.39. The lowest BCUT2D eigenvalue weighted by molar-refractivity contribution is -0.131. The zero-order chi connectivity index (χ0) is 13.0. The van der Waals surface area contributed by atoms with Crippen LogP contribution in [0.4, 0.5) is 0 Å². The van der Waals surface area contributed by atoms with E-state index in [-0.39, 0.29) is 5.37 Å². The Hall–Kier alpha value is -0.720. The summed E-state index contributed by atoms with van der Waals surface area (Å²) in [5, 5.41) is 9.91. The Balaban J connectivity index is 2.05. The van der Waals surface area contributed by atoms with Gasteiger partial charge in [0.25, 0.3) is 0 Å². The van der Waals surface area contributed by atoms with E-state index in [1.54, 1.807) is 11.8 Å². The molecule has 5 nitrogen and oxygen atoms in total. The summed E-state index contributed by atoms with van der Waals surface area (Å²) in [6, 6.07) is 0. The number of likely N-dealkylation sites (tertiary alicyclic amines) is 1. The Kier molecular flexibility index (Phi) is 4.91. The molecule has 0 bridgehead atoms. The largest absolute Gasteiger partial charge is 0.478 e. The monoisotopic (exact) mass is 272 g/mol. The first kappa shape index (κ1) is 13.7. The highest BCUT2D eigenvalue weighted by Gasteiger charge is 2.26. The van der Waals surface area contributed by atoms with E-state index in [1.165, 1.54) is 25.3 Å². The molecule has 2 aliphatic rings. The number of hydrogen-bond donors (Lipinski definition) is 1. The van der Waals surface area contributed by atoms with E-state index in [0.717, 1.165) is 18.1 Å². The van der Waals surface area contributed by atoms with E-state index in [0.29, 0.717) is 13.3 Å². The molecule has 2 heterocycles. The Labute approximate surface area is 112 Å². The van der Waals surface area contributed by atoms with Gasteiger partial charge in [0.05, 0.1) is 23.1 Å². The minimum Gasteiger partial charge on any atom is -0.478 e. The minimum atomic E-state index is -0.899. The lowest BCUT2D eigenvalue weighted by Gasteiger charge is -2.33. The number of carbonyl (C=O) groups is 1. The van der Waals surface area contributed by atoms with Crippen LogP contribution in [0.5, 0.6) is 0 Å². The predicted molar refractivity (Wildman–Crippen MR) is 71.1 cm³/mol. The smallest absolute Gasteiger partial charge is 0.330 e. The Morgan fingerprint density at radius 3 is 2.83 bits per heavy atom. The second kappa shape index (κ2) is 6.45. The number of thioether (sulfide) groups is 1. The fourth-order valence-corrected chi connectivity index (χ4v) is 3.46. The van der Waals surface area contributed by atoms with Gasteiger partial charge in [-0.3, -0.25) is 4.90 Å². The lowest BCUT2D eigenvalue weighted by atomic mass is 10.1. The molecule has 1 N–H and O–H groups in total. The average Bonchev–Trinajstić information content (AvgIpc) is 2.53. The zero-order valence-electron chi connectivity index (χ0n) is 10.7. The second-order valence-corrected chi connectivity index (χ2v) is 5.89. The van der Waals surface area contributed by atoms with Crippen molar-refractivity contribution in [3.8, 4) is 0 Å². The fraction of sp³-hybridized carbons (Fsp3) is 0.750. The number of aliphatic carboxylic acids is 1. The van der Waals surface area contributed by atoms with Crippen LogP contribution in [-0.2, 0) is 9.53 Å². The van der Waals surface area contributed by atoms with Gasteiger partial charge >= 0.3 is 5.97 Å². The van der Waals surface area contributed by atoms with Crippen LogP contribution in [0.3, 0.4) is 0 Å².